The Balaban J connectivity index is 1.77. The highest BCUT2D eigenvalue weighted by Gasteiger charge is 2.47. The molecule has 29 heavy (non-hydrogen) atoms. The molecule has 2 aliphatic rings. The van der Waals surface area contributed by atoms with E-state index in [2.05, 4.69) is 12.2 Å². The third-order valence-electron chi connectivity index (χ3n) is 6.39. The Morgan fingerprint density at radius 3 is 2.41 bits per heavy atom. The predicted octanol–water partition coefficient (Wildman–Crippen LogP) is 5.92. The van der Waals surface area contributed by atoms with E-state index >= 15 is 0 Å². The van der Waals surface area contributed by atoms with Gasteiger partial charge in [-0.3, -0.25) is 9.69 Å². The minimum Gasteiger partial charge on any atom is -0.323 e. The van der Waals surface area contributed by atoms with Crippen LogP contribution in [-0.4, -0.2) is 36.1 Å². The van der Waals surface area contributed by atoms with E-state index in [1.807, 2.05) is 6.07 Å². The molecular formula is C22H30ClF3N2O. The summed E-state index contributed by atoms with van der Waals surface area (Å²) in [4.78, 5) is 14.7. The molecule has 1 aromatic rings. The zero-order valence-electron chi connectivity index (χ0n) is 17.1. The van der Waals surface area contributed by atoms with Crippen LogP contribution < -0.4 is 5.32 Å². The van der Waals surface area contributed by atoms with Crippen LogP contribution in [-0.2, 0) is 11.2 Å². The Hall–Kier alpha value is -1.27. The summed E-state index contributed by atoms with van der Waals surface area (Å²) in [6.45, 7) is 4.21. The highest BCUT2D eigenvalue weighted by atomic mass is 35.5. The Bertz CT molecular complexity index is 712. The largest absolute Gasteiger partial charge is 0.393 e. The van der Waals surface area contributed by atoms with Crippen molar-refractivity contribution < 1.29 is 18.0 Å². The lowest BCUT2D eigenvalue weighted by molar-refractivity contribution is -0.189. The van der Waals surface area contributed by atoms with Crippen LogP contribution in [0.2, 0.25) is 5.02 Å². The van der Waals surface area contributed by atoms with Crippen molar-refractivity contribution in [2.24, 2.45) is 17.8 Å². The molecule has 1 aromatic carbocycles. The van der Waals surface area contributed by atoms with Crippen molar-refractivity contribution in [3.63, 3.8) is 0 Å². The Morgan fingerprint density at radius 2 is 1.86 bits per heavy atom. The second-order valence-electron chi connectivity index (χ2n) is 8.61. The van der Waals surface area contributed by atoms with E-state index in [1.54, 1.807) is 17.0 Å². The van der Waals surface area contributed by atoms with E-state index in [4.69, 9.17) is 11.6 Å². The quantitative estimate of drug-likeness (QED) is 0.582. The molecule has 0 spiro atoms. The number of rotatable bonds is 7. The summed E-state index contributed by atoms with van der Waals surface area (Å²) in [5.41, 5.74) is 1.45. The number of anilines is 1. The van der Waals surface area contributed by atoms with Crippen molar-refractivity contribution in [3.8, 4) is 0 Å². The third-order valence-corrected chi connectivity index (χ3v) is 6.72. The first kappa shape index (κ1) is 22.4. The first-order valence-electron chi connectivity index (χ1n) is 10.6. The van der Waals surface area contributed by atoms with Crippen molar-refractivity contribution in [1.82, 2.24) is 4.90 Å². The smallest absolute Gasteiger partial charge is 0.323 e. The molecule has 0 aromatic heterocycles. The second-order valence-corrected chi connectivity index (χ2v) is 9.02. The number of nitrogens with zero attached hydrogens (tertiary/aromatic N) is 1. The van der Waals surface area contributed by atoms with E-state index in [0.717, 1.165) is 38.2 Å². The van der Waals surface area contributed by atoms with Gasteiger partial charge in [0, 0.05) is 0 Å². The molecule has 1 heterocycles. The number of carbonyl (C=O) groups excluding carboxylic acids is 1. The van der Waals surface area contributed by atoms with Gasteiger partial charge in [0.05, 0.1) is 16.6 Å². The Labute approximate surface area is 176 Å². The van der Waals surface area contributed by atoms with Gasteiger partial charge in [0.25, 0.3) is 0 Å². The molecule has 2 fully saturated rings. The summed E-state index contributed by atoms with van der Waals surface area (Å²) in [5, 5.41) is 3.06. The van der Waals surface area contributed by atoms with Crippen LogP contribution in [0.1, 0.15) is 51.5 Å². The van der Waals surface area contributed by atoms with Crippen molar-refractivity contribution in [3.05, 3.63) is 28.8 Å². The first-order chi connectivity index (χ1) is 13.7. The number of hydrogen-bond donors (Lipinski definition) is 1. The third kappa shape index (κ3) is 5.88. The lowest BCUT2D eigenvalue weighted by Crippen LogP contribution is -2.54. The van der Waals surface area contributed by atoms with Gasteiger partial charge in [-0.25, -0.2) is 0 Å². The molecule has 1 amide bonds. The highest BCUT2D eigenvalue weighted by molar-refractivity contribution is 6.33. The van der Waals surface area contributed by atoms with Crippen molar-refractivity contribution in [2.75, 3.05) is 18.4 Å². The van der Waals surface area contributed by atoms with E-state index in [-0.39, 0.29) is 0 Å². The van der Waals surface area contributed by atoms with Crippen LogP contribution in [0.25, 0.3) is 0 Å². The Morgan fingerprint density at radius 1 is 1.21 bits per heavy atom. The highest BCUT2D eigenvalue weighted by Crippen LogP contribution is 2.36. The van der Waals surface area contributed by atoms with Gasteiger partial charge in [-0.2, -0.15) is 13.2 Å². The zero-order valence-corrected chi connectivity index (χ0v) is 17.8. The lowest BCUT2D eigenvalue weighted by atomic mass is 9.90. The fourth-order valence-corrected chi connectivity index (χ4v) is 4.35. The molecule has 2 atom stereocenters. The number of likely N-dealkylation sites (tertiary alicyclic amines) is 1. The van der Waals surface area contributed by atoms with Gasteiger partial charge in [0.2, 0.25) is 5.91 Å². The fourth-order valence-electron chi connectivity index (χ4n) is 4.18. The standard InChI is InChI=1S/C22H30ClF3N2O/c1-3-15-8-10-28(11-9-15)20(14(2)22(24,25)26)21(29)27-19-13-17(6-7-18(19)23)12-16-4-5-16/h6-7,13-16,20H,3-5,8-12H2,1-2H3,(H,27,29)/t14-,20-/m1/s1. The molecule has 0 radical (unpaired) electrons. The maximum atomic E-state index is 13.6. The van der Waals surface area contributed by atoms with E-state index < -0.39 is 24.0 Å². The summed E-state index contributed by atoms with van der Waals surface area (Å²) < 4.78 is 40.7. The molecule has 1 N–H and O–H groups in total. The molecule has 1 saturated heterocycles. The molecule has 1 aliphatic carbocycles. The van der Waals surface area contributed by atoms with Crippen LogP contribution in [0.5, 0.6) is 0 Å². The molecule has 3 nitrogen and oxygen atoms in total. The molecule has 0 bridgehead atoms. The normalized spacial score (nSPS) is 21.0. The molecule has 0 unspecified atom stereocenters. The number of amides is 1. The van der Waals surface area contributed by atoms with Crippen molar-refractivity contribution in [1.29, 1.82) is 0 Å². The maximum Gasteiger partial charge on any atom is 0.393 e. The summed E-state index contributed by atoms with van der Waals surface area (Å²) in [6, 6.07) is 4.18. The number of piperidine rings is 1. The minimum atomic E-state index is -4.44. The zero-order chi connectivity index (χ0) is 21.2. The fraction of sp³-hybridized carbons (Fsp3) is 0.682. The van der Waals surface area contributed by atoms with E-state index in [0.29, 0.717) is 35.6 Å². The number of benzene rings is 1. The number of alkyl halides is 3. The molecular weight excluding hydrogens is 401 g/mol. The van der Waals surface area contributed by atoms with Crippen LogP contribution in [0.15, 0.2) is 18.2 Å². The Kier molecular flexibility index (Phi) is 7.15. The summed E-state index contributed by atoms with van der Waals surface area (Å²) in [5.74, 6) is -1.20. The number of carbonyl (C=O) groups is 1. The van der Waals surface area contributed by atoms with Gasteiger partial charge in [-0.05, 0) is 74.7 Å². The lowest BCUT2D eigenvalue weighted by Gasteiger charge is -2.39. The number of hydrogen-bond acceptors (Lipinski definition) is 2. The topological polar surface area (TPSA) is 32.3 Å². The molecule has 1 aliphatic heterocycles. The van der Waals surface area contributed by atoms with Gasteiger partial charge >= 0.3 is 6.18 Å². The second kappa shape index (κ2) is 9.25. The van der Waals surface area contributed by atoms with E-state index in [9.17, 15) is 18.0 Å². The molecule has 162 valence electrons. The number of halogens is 4. The summed E-state index contributed by atoms with van der Waals surface area (Å²) in [7, 11) is 0. The summed E-state index contributed by atoms with van der Waals surface area (Å²) >= 11 is 6.24. The SMILES string of the molecule is CCC1CCN([C@@H](C(=O)Nc2cc(CC3CC3)ccc2Cl)[C@@H](C)C(F)(F)F)CC1. The van der Waals surface area contributed by atoms with Crippen molar-refractivity contribution in [2.45, 2.75) is 64.6 Å². The van der Waals surface area contributed by atoms with Gasteiger partial charge in [-0.15, -0.1) is 0 Å². The number of nitrogens with one attached hydrogen (secondary N) is 1. The van der Waals surface area contributed by atoms with Gasteiger partial charge in [0.15, 0.2) is 0 Å². The van der Waals surface area contributed by atoms with Crippen molar-refractivity contribution >= 4 is 23.2 Å². The van der Waals surface area contributed by atoms with Crippen LogP contribution >= 0.6 is 11.6 Å². The van der Waals surface area contributed by atoms with Crippen LogP contribution in [0, 0.1) is 17.8 Å². The molecule has 3 rings (SSSR count). The monoisotopic (exact) mass is 430 g/mol. The molecule has 1 saturated carbocycles. The summed E-state index contributed by atoms with van der Waals surface area (Å²) in [6.07, 6.45) is 1.52. The van der Waals surface area contributed by atoms with Gasteiger partial charge in [-0.1, -0.05) is 37.9 Å². The van der Waals surface area contributed by atoms with Gasteiger partial charge < -0.3 is 5.32 Å². The van der Waals surface area contributed by atoms with Crippen LogP contribution in [0.4, 0.5) is 18.9 Å². The first-order valence-corrected chi connectivity index (χ1v) is 11.0. The maximum absolute atomic E-state index is 13.6. The average Bonchev–Trinajstić information content (AvgIpc) is 3.48. The predicted molar refractivity (Wildman–Crippen MR) is 110 cm³/mol. The molecule has 7 heteroatoms. The minimum absolute atomic E-state index is 0.348. The average molecular weight is 431 g/mol. The van der Waals surface area contributed by atoms with Gasteiger partial charge in [0.1, 0.15) is 6.04 Å². The van der Waals surface area contributed by atoms with E-state index in [1.165, 1.54) is 12.8 Å². The van der Waals surface area contributed by atoms with Crippen LogP contribution in [0.3, 0.4) is 0 Å².